The van der Waals surface area contributed by atoms with Crippen molar-refractivity contribution in [1.82, 2.24) is 15.3 Å². The number of carbonyl (C=O) groups excluding carboxylic acids is 1. The van der Waals surface area contributed by atoms with Gasteiger partial charge >= 0.3 is 5.97 Å². The first-order valence-corrected chi connectivity index (χ1v) is 6.42. The van der Waals surface area contributed by atoms with Gasteiger partial charge in [0.1, 0.15) is 16.9 Å². The van der Waals surface area contributed by atoms with Gasteiger partial charge in [0.05, 0.1) is 6.61 Å². The van der Waals surface area contributed by atoms with Crippen LogP contribution in [0.2, 0.25) is 0 Å². The largest absolute Gasteiger partial charge is 0.481 e. The van der Waals surface area contributed by atoms with Crippen molar-refractivity contribution >= 4 is 11.9 Å². The second-order valence-electron chi connectivity index (χ2n) is 4.91. The molecule has 1 aromatic heterocycles. The highest BCUT2D eigenvalue weighted by molar-refractivity contribution is 5.92. The Morgan fingerprint density at radius 2 is 2.35 bits per heavy atom. The van der Waals surface area contributed by atoms with E-state index in [1.54, 1.807) is 6.92 Å². The molecule has 1 unspecified atom stereocenters. The minimum atomic E-state index is -1.05. The van der Waals surface area contributed by atoms with E-state index >= 15 is 0 Å². The molecule has 1 aliphatic rings. The maximum absolute atomic E-state index is 12.0. The minimum absolute atomic E-state index is 0.0320. The Labute approximate surface area is 116 Å². The van der Waals surface area contributed by atoms with E-state index in [-0.39, 0.29) is 18.8 Å². The highest BCUT2D eigenvalue weighted by Gasteiger charge is 2.41. The molecule has 2 rings (SSSR count). The number of carboxylic acid groups (broad SMARTS) is 1. The van der Waals surface area contributed by atoms with Crippen molar-refractivity contribution in [2.45, 2.75) is 19.8 Å². The third-order valence-electron chi connectivity index (χ3n) is 3.37. The lowest BCUT2D eigenvalue weighted by Gasteiger charge is -2.32. The molecule has 0 aliphatic carbocycles. The molecule has 2 N–H and O–H groups in total. The van der Waals surface area contributed by atoms with E-state index in [4.69, 9.17) is 4.74 Å². The van der Waals surface area contributed by atoms with Gasteiger partial charge in [-0.15, -0.1) is 0 Å². The number of amides is 1. The summed E-state index contributed by atoms with van der Waals surface area (Å²) < 4.78 is 5.25. The van der Waals surface area contributed by atoms with Gasteiger partial charge in [-0.1, -0.05) is 0 Å². The Morgan fingerprint density at radius 3 is 2.95 bits per heavy atom. The normalized spacial score (nSPS) is 22.2. The number of carboxylic acids is 1. The van der Waals surface area contributed by atoms with Crippen LogP contribution >= 0.6 is 0 Å². The fourth-order valence-corrected chi connectivity index (χ4v) is 2.16. The Morgan fingerprint density at radius 1 is 1.55 bits per heavy atom. The minimum Gasteiger partial charge on any atom is -0.481 e. The van der Waals surface area contributed by atoms with Crippen molar-refractivity contribution < 1.29 is 19.4 Å². The molecular weight excluding hydrogens is 262 g/mol. The summed E-state index contributed by atoms with van der Waals surface area (Å²) in [5.41, 5.74) is -0.814. The third-order valence-corrected chi connectivity index (χ3v) is 3.37. The molecule has 20 heavy (non-hydrogen) atoms. The number of hydrogen-bond donors (Lipinski definition) is 2. The van der Waals surface area contributed by atoms with E-state index in [0.717, 1.165) is 0 Å². The van der Waals surface area contributed by atoms with Gasteiger partial charge in [-0.3, -0.25) is 9.59 Å². The van der Waals surface area contributed by atoms with Crippen molar-refractivity contribution in [2.75, 3.05) is 19.8 Å². The summed E-state index contributed by atoms with van der Waals surface area (Å²) in [6.45, 7) is 2.40. The third kappa shape index (κ3) is 3.11. The standard InChI is InChI=1S/C13H17N3O4/c1-9-14-5-3-10(16-9)11(17)15-7-13(12(18)19)4-2-6-20-8-13/h3,5H,2,4,6-8H2,1H3,(H,15,17)(H,18,19). The maximum Gasteiger partial charge on any atom is 0.313 e. The van der Waals surface area contributed by atoms with E-state index in [1.807, 2.05) is 0 Å². The molecule has 7 nitrogen and oxygen atoms in total. The van der Waals surface area contributed by atoms with Crippen molar-refractivity contribution in [1.29, 1.82) is 0 Å². The van der Waals surface area contributed by atoms with Crippen LogP contribution in [0, 0.1) is 12.3 Å². The summed E-state index contributed by atoms with van der Waals surface area (Å²) in [4.78, 5) is 31.3. The molecule has 0 spiro atoms. The predicted octanol–water partition coefficient (Wildman–Crippen LogP) is 0.396. The van der Waals surface area contributed by atoms with Crippen LogP contribution in [0.25, 0.3) is 0 Å². The second kappa shape index (κ2) is 5.96. The average molecular weight is 279 g/mol. The van der Waals surface area contributed by atoms with Crippen LogP contribution in [-0.2, 0) is 9.53 Å². The number of aryl methyl sites for hydroxylation is 1. The summed E-state index contributed by atoms with van der Waals surface area (Å²) in [6.07, 6.45) is 2.66. The van der Waals surface area contributed by atoms with E-state index in [9.17, 15) is 14.7 Å². The topological polar surface area (TPSA) is 101 Å². The average Bonchev–Trinajstić information content (AvgIpc) is 2.45. The SMILES string of the molecule is Cc1nccc(C(=O)NCC2(C(=O)O)CCCOC2)n1. The summed E-state index contributed by atoms with van der Waals surface area (Å²) in [5.74, 6) is -0.857. The van der Waals surface area contributed by atoms with E-state index in [1.165, 1.54) is 12.3 Å². The number of nitrogens with one attached hydrogen (secondary N) is 1. The lowest BCUT2D eigenvalue weighted by atomic mass is 9.82. The molecular formula is C13H17N3O4. The molecule has 1 atom stereocenters. The van der Waals surface area contributed by atoms with Crippen molar-refractivity contribution in [3.05, 3.63) is 23.8 Å². The van der Waals surface area contributed by atoms with Crippen LogP contribution in [0.1, 0.15) is 29.2 Å². The quantitative estimate of drug-likeness (QED) is 0.827. The molecule has 0 saturated carbocycles. The van der Waals surface area contributed by atoms with Gasteiger partial charge in [0.25, 0.3) is 5.91 Å². The molecule has 1 saturated heterocycles. The lowest BCUT2D eigenvalue weighted by molar-refractivity contribution is -0.156. The highest BCUT2D eigenvalue weighted by atomic mass is 16.5. The van der Waals surface area contributed by atoms with Crippen molar-refractivity contribution in [2.24, 2.45) is 5.41 Å². The zero-order valence-corrected chi connectivity index (χ0v) is 11.3. The summed E-state index contributed by atoms with van der Waals surface area (Å²) in [7, 11) is 0. The van der Waals surface area contributed by atoms with Crippen LogP contribution in [0.5, 0.6) is 0 Å². The zero-order chi connectivity index (χ0) is 14.6. The number of nitrogens with zero attached hydrogens (tertiary/aromatic N) is 2. The van der Waals surface area contributed by atoms with Crippen LogP contribution < -0.4 is 5.32 Å². The summed E-state index contributed by atoms with van der Waals surface area (Å²) in [6, 6.07) is 1.49. The predicted molar refractivity (Wildman–Crippen MR) is 69.2 cm³/mol. The van der Waals surface area contributed by atoms with Gasteiger partial charge in [0.2, 0.25) is 0 Å². The monoisotopic (exact) mass is 279 g/mol. The number of ether oxygens (including phenoxy) is 1. The molecule has 7 heteroatoms. The van der Waals surface area contributed by atoms with Crippen molar-refractivity contribution in [3.63, 3.8) is 0 Å². The second-order valence-corrected chi connectivity index (χ2v) is 4.91. The van der Waals surface area contributed by atoms with E-state index < -0.39 is 17.3 Å². The first-order valence-electron chi connectivity index (χ1n) is 6.42. The number of hydrogen-bond acceptors (Lipinski definition) is 5. The smallest absolute Gasteiger partial charge is 0.313 e. The van der Waals surface area contributed by atoms with Crippen LogP contribution in [0.3, 0.4) is 0 Å². The number of carbonyl (C=O) groups is 2. The molecule has 1 amide bonds. The zero-order valence-electron chi connectivity index (χ0n) is 11.3. The highest BCUT2D eigenvalue weighted by Crippen LogP contribution is 2.28. The summed E-state index contributed by atoms with van der Waals surface area (Å²) >= 11 is 0. The molecule has 2 heterocycles. The Kier molecular flexibility index (Phi) is 4.29. The molecule has 0 aromatic carbocycles. The number of aromatic nitrogens is 2. The van der Waals surface area contributed by atoms with Crippen LogP contribution in [0.4, 0.5) is 0 Å². The Balaban J connectivity index is 2.02. The van der Waals surface area contributed by atoms with Crippen LogP contribution in [0.15, 0.2) is 12.3 Å². The molecule has 108 valence electrons. The van der Waals surface area contributed by atoms with E-state index in [0.29, 0.717) is 25.3 Å². The van der Waals surface area contributed by atoms with Gasteiger partial charge in [-0.2, -0.15) is 0 Å². The Hall–Kier alpha value is -2.02. The van der Waals surface area contributed by atoms with Gasteiger partial charge in [0.15, 0.2) is 0 Å². The van der Waals surface area contributed by atoms with Gasteiger partial charge in [-0.25, -0.2) is 9.97 Å². The molecule has 1 aromatic rings. The first-order chi connectivity index (χ1) is 9.53. The number of aliphatic carboxylic acids is 1. The van der Waals surface area contributed by atoms with Crippen molar-refractivity contribution in [3.8, 4) is 0 Å². The number of rotatable bonds is 4. The molecule has 0 radical (unpaired) electrons. The fraction of sp³-hybridized carbons (Fsp3) is 0.538. The summed E-state index contributed by atoms with van der Waals surface area (Å²) in [5, 5.41) is 12.0. The molecule has 1 fully saturated rings. The first kappa shape index (κ1) is 14.4. The molecule has 0 bridgehead atoms. The maximum atomic E-state index is 12.0. The Bertz CT molecular complexity index is 512. The van der Waals surface area contributed by atoms with E-state index in [2.05, 4.69) is 15.3 Å². The lowest BCUT2D eigenvalue weighted by Crippen LogP contribution is -2.48. The van der Waals surface area contributed by atoms with Gasteiger partial charge < -0.3 is 15.2 Å². The fourth-order valence-electron chi connectivity index (χ4n) is 2.16. The molecule has 1 aliphatic heterocycles. The van der Waals surface area contributed by atoms with Gasteiger partial charge in [0, 0.05) is 19.3 Å². The van der Waals surface area contributed by atoms with Gasteiger partial charge in [-0.05, 0) is 25.8 Å². The van der Waals surface area contributed by atoms with Crippen LogP contribution in [-0.4, -0.2) is 46.7 Å².